The van der Waals surface area contributed by atoms with Crippen LogP contribution >= 0.6 is 0 Å². The molecule has 3 rings (SSSR count). The van der Waals surface area contributed by atoms with Crippen molar-refractivity contribution in [3.63, 3.8) is 0 Å². The number of nitrogens with zero attached hydrogens (tertiary/aromatic N) is 3. The van der Waals surface area contributed by atoms with Crippen molar-refractivity contribution in [2.45, 2.75) is 23.8 Å². The number of pyridine rings is 1. The van der Waals surface area contributed by atoms with Crippen LogP contribution in [0.2, 0.25) is 0 Å². The third-order valence-corrected chi connectivity index (χ3v) is 4.13. The predicted molar refractivity (Wildman–Crippen MR) is 65.5 cm³/mol. The van der Waals surface area contributed by atoms with Gasteiger partial charge in [-0.05, 0) is 25.0 Å². The van der Waals surface area contributed by atoms with Crippen LogP contribution in [0, 0.1) is 0 Å². The lowest BCUT2D eigenvalue weighted by Crippen LogP contribution is -2.12. The molecule has 0 amide bonds. The van der Waals surface area contributed by atoms with Crippen molar-refractivity contribution >= 4 is 15.7 Å². The molecular formula is C11H12N4O2S. The van der Waals surface area contributed by atoms with E-state index in [0.29, 0.717) is 11.7 Å². The lowest BCUT2D eigenvalue weighted by molar-refractivity contribution is 0.601. The van der Waals surface area contributed by atoms with Gasteiger partial charge in [-0.15, -0.1) is 0 Å². The lowest BCUT2D eigenvalue weighted by atomic mass is 10.5. The normalized spacial score (nSPS) is 15.6. The number of nitrogens with one attached hydrogen (secondary N) is 1. The monoisotopic (exact) mass is 264 g/mol. The molecular weight excluding hydrogens is 252 g/mol. The molecule has 94 valence electrons. The highest BCUT2D eigenvalue weighted by Gasteiger charge is 2.24. The Bertz CT molecular complexity index is 647. The summed E-state index contributed by atoms with van der Waals surface area (Å²) in [6.07, 6.45) is 8.36. The number of sulfonamides is 1. The van der Waals surface area contributed by atoms with Crippen molar-refractivity contribution in [2.75, 3.05) is 4.72 Å². The van der Waals surface area contributed by atoms with E-state index in [1.165, 1.54) is 30.7 Å². The maximum Gasteiger partial charge on any atom is 0.262 e. The van der Waals surface area contributed by atoms with Gasteiger partial charge in [0.1, 0.15) is 0 Å². The van der Waals surface area contributed by atoms with Crippen molar-refractivity contribution < 1.29 is 8.42 Å². The molecule has 6 nitrogen and oxygen atoms in total. The third kappa shape index (κ3) is 2.21. The quantitative estimate of drug-likeness (QED) is 0.905. The fourth-order valence-corrected chi connectivity index (χ4v) is 2.67. The fraction of sp³-hybridized carbons (Fsp3) is 0.273. The molecule has 0 bridgehead atoms. The second-order valence-electron chi connectivity index (χ2n) is 4.23. The molecule has 18 heavy (non-hydrogen) atoms. The highest BCUT2D eigenvalue weighted by molar-refractivity contribution is 7.92. The summed E-state index contributed by atoms with van der Waals surface area (Å²) in [7, 11) is -3.55. The van der Waals surface area contributed by atoms with Crippen molar-refractivity contribution in [1.29, 1.82) is 0 Å². The Kier molecular flexibility index (Phi) is 2.55. The summed E-state index contributed by atoms with van der Waals surface area (Å²) in [4.78, 5) is 3.98. The molecule has 2 heterocycles. The molecule has 1 aliphatic rings. The number of hydrogen-bond donors (Lipinski definition) is 1. The number of rotatable bonds is 4. The molecule has 1 N–H and O–H groups in total. The zero-order valence-corrected chi connectivity index (χ0v) is 10.3. The van der Waals surface area contributed by atoms with Crippen molar-refractivity contribution in [3.8, 4) is 0 Å². The van der Waals surface area contributed by atoms with E-state index in [1.807, 2.05) is 0 Å². The fourth-order valence-electron chi connectivity index (χ4n) is 1.66. The molecule has 1 aliphatic carbocycles. The first kappa shape index (κ1) is 11.2. The van der Waals surface area contributed by atoms with Gasteiger partial charge in [-0.2, -0.15) is 5.10 Å². The predicted octanol–water partition coefficient (Wildman–Crippen LogP) is 1.41. The molecule has 0 unspecified atom stereocenters. The second-order valence-corrected chi connectivity index (χ2v) is 5.91. The maximum atomic E-state index is 12.0. The maximum absolute atomic E-state index is 12.0. The molecule has 1 fully saturated rings. The Morgan fingerprint density at radius 3 is 2.67 bits per heavy atom. The van der Waals surface area contributed by atoms with Crippen LogP contribution in [0.1, 0.15) is 18.9 Å². The van der Waals surface area contributed by atoms with Gasteiger partial charge in [-0.3, -0.25) is 14.4 Å². The van der Waals surface area contributed by atoms with Gasteiger partial charge in [-0.25, -0.2) is 8.42 Å². The van der Waals surface area contributed by atoms with Crippen LogP contribution in [0.4, 0.5) is 5.69 Å². The minimum absolute atomic E-state index is 0.191. The Hall–Kier alpha value is -1.89. The number of anilines is 1. The molecule has 0 aliphatic heterocycles. The van der Waals surface area contributed by atoms with Crippen molar-refractivity contribution in [2.24, 2.45) is 0 Å². The first-order valence-corrected chi connectivity index (χ1v) is 7.10. The third-order valence-electron chi connectivity index (χ3n) is 2.73. The summed E-state index contributed by atoms with van der Waals surface area (Å²) in [5, 5.41) is 4.13. The van der Waals surface area contributed by atoms with E-state index in [0.717, 1.165) is 12.8 Å². The van der Waals surface area contributed by atoms with Gasteiger partial charge in [0.2, 0.25) is 0 Å². The molecule has 7 heteroatoms. The average Bonchev–Trinajstić information content (AvgIpc) is 3.12. The minimum Gasteiger partial charge on any atom is -0.276 e. The van der Waals surface area contributed by atoms with Gasteiger partial charge < -0.3 is 0 Å². The van der Waals surface area contributed by atoms with Gasteiger partial charge in [0, 0.05) is 18.6 Å². The average molecular weight is 264 g/mol. The highest BCUT2D eigenvalue weighted by atomic mass is 32.2. The summed E-state index contributed by atoms with van der Waals surface area (Å²) >= 11 is 0. The van der Waals surface area contributed by atoms with E-state index >= 15 is 0 Å². The van der Waals surface area contributed by atoms with Crippen LogP contribution < -0.4 is 4.72 Å². The molecule has 2 aromatic rings. The smallest absolute Gasteiger partial charge is 0.262 e. The summed E-state index contributed by atoms with van der Waals surface area (Å²) in [5.41, 5.74) is 0.485. The van der Waals surface area contributed by atoms with E-state index in [-0.39, 0.29) is 4.90 Å². The topological polar surface area (TPSA) is 76.9 Å². The number of hydrogen-bond acceptors (Lipinski definition) is 4. The van der Waals surface area contributed by atoms with E-state index in [4.69, 9.17) is 0 Å². The first-order chi connectivity index (χ1) is 8.65. The molecule has 0 aromatic carbocycles. The lowest BCUT2D eigenvalue weighted by Gasteiger charge is -2.04. The van der Waals surface area contributed by atoms with E-state index < -0.39 is 10.0 Å². The summed E-state index contributed by atoms with van der Waals surface area (Å²) in [5.74, 6) is 0. The summed E-state index contributed by atoms with van der Waals surface area (Å²) < 4.78 is 28.3. The Morgan fingerprint density at radius 1 is 1.28 bits per heavy atom. The SMILES string of the molecule is O=S(=O)(Nc1cnn(C2CC2)c1)c1ccncc1. The Morgan fingerprint density at radius 2 is 2.00 bits per heavy atom. The van der Waals surface area contributed by atoms with Gasteiger partial charge >= 0.3 is 0 Å². The van der Waals surface area contributed by atoms with Crippen LogP contribution in [-0.2, 0) is 10.0 Å². The molecule has 1 saturated carbocycles. The molecule has 2 aromatic heterocycles. The van der Waals surface area contributed by atoms with E-state index in [9.17, 15) is 8.42 Å². The number of aromatic nitrogens is 3. The van der Waals surface area contributed by atoms with Gasteiger partial charge in [0.15, 0.2) is 0 Å². The largest absolute Gasteiger partial charge is 0.276 e. The van der Waals surface area contributed by atoms with Crippen LogP contribution in [0.25, 0.3) is 0 Å². The van der Waals surface area contributed by atoms with Crippen molar-refractivity contribution in [3.05, 3.63) is 36.9 Å². The molecule has 0 radical (unpaired) electrons. The van der Waals surface area contributed by atoms with Crippen LogP contribution in [0.3, 0.4) is 0 Å². The Balaban J connectivity index is 1.82. The van der Waals surface area contributed by atoms with Crippen LogP contribution in [0.15, 0.2) is 41.8 Å². The van der Waals surface area contributed by atoms with E-state index in [1.54, 1.807) is 10.9 Å². The van der Waals surface area contributed by atoms with Gasteiger partial charge in [0.05, 0.1) is 22.8 Å². The van der Waals surface area contributed by atoms with Crippen molar-refractivity contribution in [1.82, 2.24) is 14.8 Å². The summed E-state index contributed by atoms with van der Waals surface area (Å²) in [6, 6.07) is 3.34. The first-order valence-electron chi connectivity index (χ1n) is 5.62. The minimum atomic E-state index is -3.55. The van der Waals surface area contributed by atoms with Crippen LogP contribution in [0.5, 0.6) is 0 Å². The summed E-state index contributed by atoms with van der Waals surface area (Å²) in [6.45, 7) is 0. The molecule has 0 spiro atoms. The van der Waals surface area contributed by atoms with Crippen LogP contribution in [-0.4, -0.2) is 23.2 Å². The molecule has 0 atom stereocenters. The Labute approximate surface area is 105 Å². The van der Waals surface area contributed by atoms with Gasteiger partial charge in [-0.1, -0.05) is 0 Å². The standard InChI is InChI=1S/C11H12N4O2S/c16-18(17,11-3-5-12-6-4-11)14-9-7-13-15(8-9)10-1-2-10/h3-8,10,14H,1-2H2. The zero-order chi connectivity index (χ0) is 12.6. The zero-order valence-electron chi connectivity index (χ0n) is 9.52. The molecule has 0 saturated heterocycles. The highest BCUT2D eigenvalue weighted by Crippen LogP contribution is 2.34. The van der Waals surface area contributed by atoms with Gasteiger partial charge in [0.25, 0.3) is 10.0 Å². The second kappa shape index (κ2) is 4.09. The van der Waals surface area contributed by atoms with E-state index in [2.05, 4.69) is 14.8 Å².